The molecule has 0 aliphatic rings. The first-order chi connectivity index (χ1) is 8.75. The van der Waals surface area contributed by atoms with Crippen LogP contribution in [0.2, 0.25) is 5.02 Å². The molecule has 1 unspecified atom stereocenters. The molecule has 94 valence electrons. The fraction of sp³-hybridized carbons (Fsp3) is 0.200. The summed E-state index contributed by atoms with van der Waals surface area (Å²) in [4.78, 5) is 1.18. The monoisotopic (exact) mass is 278 g/mol. The molecule has 1 atom stereocenters. The summed E-state index contributed by atoms with van der Waals surface area (Å²) in [7, 11) is 0. The first-order valence-corrected chi connectivity index (χ1v) is 7.21. The molecule has 1 nitrogen and oxygen atoms in total. The van der Waals surface area contributed by atoms with Crippen LogP contribution in [0.25, 0.3) is 0 Å². The zero-order valence-corrected chi connectivity index (χ0v) is 11.5. The van der Waals surface area contributed by atoms with Crippen LogP contribution in [0, 0.1) is 0 Å². The quantitative estimate of drug-likeness (QED) is 0.833. The first-order valence-electron chi connectivity index (χ1n) is 5.85. The van der Waals surface area contributed by atoms with Crippen LogP contribution in [0.4, 0.5) is 0 Å². The van der Waals surface area contributed by atoms with Crippen molar-refractivity contribution in [3.63, 3.8) is 0 Å². The summed E-state index contributed by atoms with van der Waals surface area (Å²) in [5.41, 5.74) is 1.00. The van der Waals surface area contributed by atoms with Crippen LogP contribution < -0.4 is 0 Å². The van der Waals surface area contributed by atoms with Gasteiger partial charge in [0.1, 0.15) is 0 Å². The molecule has 0 fully saturated rings. The van der Waals surface area contributed by atoms with E-state index in [0.29, 0.717) is 12.2 Å². The van der Waals surface area contributed by atoms with Gasteiger partial charge in [-0.15, -0.1) is 11.8 Å². The van der Waals surface area contributed by atoms with Crippen LogP contribution in [0.3, 0.4) is 0 Å². The highest BCUT2D eigenvalue weighted by Crippen LogP contribution is 2.21. The highest BCUT2D eigenvalue weighted by Gasteiger charge is 2.08. The van der Waals surface area contributed by atoms with Gasteiger partial charge in [0.15, 0.2) is 0 Å². The second-order valence-electron chi connectivity index (χ2n) is 4.07. The first kappa shape index (κ1) is 13.5. The van der Waals surface area contributed by atoms with E-state index in [4.69, 9.17) is 11.6 Å². The standard InChI is InChI=1S/C15H15ClOS/c16-15-9-5-4-6-12(15)10-13(17)11-18-14-7-2-1-3-8-14/h1-9,13,17H,10-11H2. The Hall–Kier alpha value is -0.960. The molecule has 3 heteroatoms. The van der Waals surface area contributed by atoms with Crippen molar-refractivity contribution in [2.24, 2.45) is 0 Å². The maximum absolute atomic E-state index is 10.0. The van der Waals surface area contributed by atoms with Gasteiger partial charge in [-0.2, -0.15) is 0 Å². The lowest BCUT2D eigenvalue weighted by Crippen LogP contribution is -2.13. The number of halogens is 1. The smallest absolute Gasteiger partial charge is 0.0674 e. The molecule has 0 aromatic heterocycles. The van der Waals surface area contributed by atoms with E-state index in [1.165, 1.54) is 4.90 Å². The topological polar surface area (TPSA) is 20.2 Å². The third kappa shape index (κ3) is 4.05. The summed E-state index contributed by atoms with van der Waals surface area (Å²) in [6, 6.07) is 17.7. The molecule has 0 saturated heterocycles. The number of thioether (sulfide) groups is 1. The van der Waals surface area contributed by atoms with E-state index in [1.807, 2.05) is 54.6 Å². The molecular weight excluding hydrogens is 264 g/mol. The average molecular weight is 279 g/mol. The zero-order valence-electron chi connectivity index (χ0n) is 9.92. The minimum absolute atomic E-state index is 0.380. The fourth-order valence-electron chi connectivity index (χ4n) is 1.69. The predicted octanol–water partition coefficient (Wildman–Crippen LogP) is 4.04. The molecule has 2 rings (SSSR count). The van der Waals surface area contributed by atoms with Crippen LogP contribution in [-0.4, -0.2) is 17.0 Å². The Morgan fingerprint density at radius 3 is 2.39 bits per heavy atom. The number of hydrogen-bond acceptors (Lipinski definition) is 2. The lowest BCUT2D eigenvalue weighted by molar-refractivity contribution is 0.200. The third-order valence-corrected chi connectivity index (χ3v) is 4.12. The molecule has 0 spiro atoms. The van der Waals surface area contributed by atoms with Gasteiger partial charge in [-0.25, -0.2) is 0 Å². The highest BCUT2D eigenvalue weighted by molar-refractivity contribution is 7.99. The molecule has 1 N–H and O–H groups in total. The molecule has 0 heterocycles. The Bertz CT molecular complexity index is 487. The lowest BCUT2D eigenvalue weighted by Gasteiger charge is -2.11. The normalized spacial score (nSPS) is 12.3. The fourth-order valence-corrected chi connectivity index (χ4v) is 2.75. The zero-order chi connectivity index (χ0) is 12.8. The minimum atomic E-state index is -0.380. The van der Waals surface area contributed by atoms with Gasteiger partial charge in [-0.3, -0.25) is 0 Å². The van der Waals surface area contributed by atoms with E-state index in [9.17, 15) is 5.11 Å². The minimum Gasteiger partial charge on any atom is -0.392 e. The molecule has 0 aliphatic carbocycles. The number of aliphatic hydroxyl groups excluding tert-OH is 1. The van der Waals surface area contributed by atoms with Crippen molar-refractivity contribution in [1.29, 1.82) is 0 Å². The molecular formula is C15H15ClOS. The van der Waals surface area contributed by atoms with Crippen LogP contribution >= 0.6 is 23.4 Å². The summed E-state index contributed by atoms with van der Waals surface area (Å²) in [5.74, 6) is 0.676. The summed E-state index contributed by atoms with van der Waals surface area (Å²) >= 11 is 7.73. The number of aliphatic hydroxyl groups is 1. The SMILES string of the molecule is OC(CSc1ccccc1)Cc1ccccc1Cl. The van der Waals surface area contributed by atoms with Crippen LogP contribution in [0.1, 0.15) is 5.56 Å². The van der Waals surface area contributed by atoms with E-state index in [-0.39, 0.29) is 6.10 Å². The third-order valence-electron chi connectivity index (χ3n) is 2.60. The summed E-state index contributed by atoms with van der Waals surface area (Å²) in [5, 5.41) is 10.7. The maximum atomic E-state index is 10.0. The Kier molecular flexibility index (Phi) is 5.12. The molecule has 2 aromatic carbocycles. The van der Waals surface area contributed by atoms with Gasteiger partial charge in [0.05, 0.1) is 6.10 Å². The number of rotatable bonds is 5. The van der Waals surface area contributed by atoms with Gasteiger partial charge in [-0.05, 0) is 23.8 Å². The Labute approximate surface area is 117 Å². The second-order valence-corrected chi connectivity index (χ2v) is 5.57. The van der Waals surface area contributed by atoms with Gasteiger partial charge >= 0.3 is 0 Å². The van der Waals surface area contributed by atoms with E-state index < -0.39 is 0 Å². The molecule has 0 radical (unpaired) electrons. The van der Waals surface area contributed by atoms with Gasteiger partial charge in [0.25, 0.3) is 0 Å². The molecule has 0 amide bonds. The second kappa shape index (κ2) is 6.83. The van der Waals surface area contributed by atoms with Gasteiger partial charge < -0.3 is 5.11 Å². The van der Waals surface area contributed by atoms with Crippen molar-refractivity contribution in [3.8, 4) is 0 Å². The summed E-state index contributed by atoms with van der Waals surface area (Å²) in [6.45, 7) is 0. The Morgan fingerprint density at radius 2 is 1.67 bits per heavy atom. The van der Waals surface area contributed by atoms with Crippen molar-refractivity contribution in [3.05, 3.63) is 65.2 Å². The molecule has 2 aromatic rings. The van der Waals surface area contributed by atoms with Crippen molar-refractivity contribution in [2.75, 3.05) is 5.75 Å². The molecule has 0 bridgehead atoms. The van der Waals surface area contributed by atoms with Crippen LogP contribution in [0.5, 0.6) is 0 Å². The largest absolute Gasteiger partial charge is 0.392 e. The van der Waals surface area contributed by atoms with Gasteiger partial charge in [-0.1, -0.05) is 48.0 Å². The number of benzene rings is 2. The van der Waals surface area contributed by atoms with Crippen LogP contribution in [0.15, 0.2) is 59.5 Å². The van der Waals surface area contributed by atoms with Crippen LogP contribution in [-0.2, 0) is 6.42 Å². The van der Waals surface area contributed by atoms with E-state index in [2.05, 4.69) is 0 Å². The molecule has 0 aliphatic heterocycles. The lowest BCUT2D eigenvalue weighted by atomic mass is 10.1. The van der Waals surface area contributed by atoms with Gasteiger partial charge in [0, 0.05) is 22.1 Å². The van der Waals surface area contributed by atoms with E-state index >= 15 is 0 Å². The van der Waals surface area contributed by atoms with Crippen molar-refractivity contribution >= 4 is 23.4 Å². The summed E-state index contributed by atoms with van der Waals surface area (Å²) < 4.78 is 0. The maximum Gasteiger partial charge on any atom is 0.0674 e. The van der Waals surface area contributed by atoms with Crippen molar-refractivity contribution in [1.82, 2.24) is 0 Å². The Balaban J connectivity index is 1.86. The van der Waals surface area contributed by atoms with E-state index in [1.54, 1.807) is 11.8 Å². The Morgan fingerprint density at radius 1 is 1.00 bits per heavy atom. The average Bonchev–Trinajstić information content (AvgIpc) is 2.40. The predicted molar refractivity (Wildman–Crippen MR) is 78.3 cm³/mol. The highest BCUT2D eigenvalue weighted by atomic mass is 35.5. The van der Waals surface area contributed by atoms with Crippen molar-refractivity contribution < 1.29 is 5.11 Å². The van der Waals surface area contributed by atoms with Crippen molar-refractivity contribution in [2.45, 2.75) is 17.4 Å². The molecule has 18 heavy (non-hydrogen) atoms. The van der Waals surface area contributed by atoms with Gasteiger partial charge in [0.2, 0.25) is 0 Å². The van der Waals surface area contributed by atoms with E-state index in [0.717, 1.165) is 10.6 Å². The summed E-state index contributed by atoms with van der Waals surface area (Å²) in [6.07, 6.45) is 0.217. The number of hydrogen-bond donors (Lipinski definition) is 1. The molecule has 0 saturated carbocycles.